The van der Waals surface area contributed by atoms with Crippen LogP contribution in [0, 0.1) is 13.7 Å². The first-order valence-electron chi connectivity index (χ1n) is 4.01. The van der Waals surface area contributed by atoms with Gasteiger partial charge in [-0.05, 0) is 34.2 Å². The summed E-state index contributed by atoms with van der Waals surface area (Å²) in [6.45, 7) is -0.0466. The number of nitro benzene ring substituents is 1. The molecule has 0 aliphatic carbocycles. The topological polar surface area (TPSA) is 69.2 Å². The summed E-state index contributed by atoms with van der Waals surface area (Å²) in [5.74, 6) is 0. The standard InChI is InChI=1S/C8H6F3IN2O2/c9-8(10,11)7-5(12)1-4(3-13)2-6(7)14(15)16/h1-2H,3,13H2. The van der Waals surface area contributed by atoms with E-state index < -0.39 is 22.4 Å². The van der Waals surface area contributed by atoms with Gasteiger partial charge in [-0.15, -0.1) is 0 Å². The van der Waals surface area contributed by atoms with Crippen molar-refractivity contribution in [2.75, 3.05) is 0 Å². The Morgan fingerprint density at radius 3 is 2.38 bits per heavy atom. The molecule has 0 saturated carbocycles. The summed E-state index contributed by atoms with van der Waals surface area (Å²) in [5.41, 5.74) is 3.35. The first kappa shape index (κ1) is 13.2. The molecular formula is C8H6F3IN2O2. The number of alkyl halides is 3. The minimum absolute atomic E-state index is 0.0466. The quantitative estimate of drug-likeness (QED) is 0.509. The van der Waals surface area contributed by atoms with Gasteiger partial charge in [-0.2, -0.15) is 13.2 Å². The smallest absolute Gasteiger partial charge is 0.326 e. The van der Waals surface area contributed by atoms with E-state index in [9.17, 15) is 23.3 Å². The van der Waals surface area contributed by atoms with Crippen LogP contribution in [0.5, 0.6) is 0 Å². The summed E-state index contributed by atoms with van der Waals surface area (Å²) in [6.07, 6.45) is -4.74. The van der Waals surface area contributed by atoms with E-state index in [4.69, 9.17) is 5.73 Å². The van der Waals surface area contributed by atoms with Crippen molar-refractivity contribution in [3.63, 3.8) is 0 Å². The van der Waals surface area contributed by atoms with Gasteiger partial charge in [0.25, 0.3) is 5.69 Å². The maximum Gasteiger partial charge on any atom is 0.424 e. The Morgan fingerprint density at radius 2 is 2.00 bits per heavy atom. The van der Waals surface area contributed by atoms with Gasteiger partial charge in [0.1, 0.15) is 5.56 Å². The second-order valence-electron chi connectivity index (χ2n) is 2.93. The summed E-state index contributed by atoms with van der Waals surface area (Å²) in [7, 11) is 0. The van der Waals surface area contributed by atoms with Gasteiger partial charge in [-0.3, -0.25) is 10.1 Å². The number of hydrogen-bond acceptors (Lipinski definition) is 3. The molecule has 0 heterocycles. The lowest BCUT2D eigenvalue weighted by atomic mass is 10.1. The number of benzene rings is 1. The lowest BCUT2D eigenvalue weighted by molar-refractivity contribution is -0.388. The lowest BCUT2D eigenvalue weighted by Crippen LogP contribution is -2.12. The Labute approximate surface area is 102 Å². The van der Waals surface area contributed by atoms with Gasteiger partial charge < -0.3 is 5.73 Å². The highest BCUT2D eigenvalue weighted by atomic mass is 127. The molecule has 8 heteroatoms. The van der Waals surface area contributed by atoms with Crippen LogP contribution in [0.4, 0.5) is 18.9 Å². The number of nitro groups is 1. The van der Waals surface area contributed by atoms with Crippen LogP contribution in [0.1, 0.15) is 11.1 Å². The summed E-state index contributed by atoms with van der Waals surface area (Å²) in [4.78, 5) is 9.50. The van der Waals surface area contributed by atoms with Gasteiger partial charge in [0.2, 0.25) is 0 Å². The zero-order valence-corrected chi connectivity index (χ0v) is 9.87. The fourth-order valence-electron chi connectivity index (χ4n) is 1.19. The van der Waals surface area contributed by atoms with E-state index in [2.05, 4.69) is 0 Å². The van der Waals surface area contributed by atoms with Gasteiger partial charge >= 0.3 is 6.18 Å². The van der Waals surface area contributed by atoms with Crippen molar-refractivity contribution >= 4 is 28.3 Å². The molecular weight excluding hydrogens is 340 g/mol. The third kappa shape index (κ3) is 2.61. The van der Waals surface area contributed by atoms with Gasteiger partial charge in [-0.25, -0.2) is 0 Å². The molecule has 1 aromatic rings. The number of rotatable bonds is 2. The van der Waals surface area contributed by atoms with E-state index in [1.807, 2.05) is 0 Å². The minimum atomic E-state index is -4.74. The van der Waals surface area contributed by atoms with Gasteiger partial charge in [-0.1, -0.05) is 0 Å². The van der Waals surface area contributed by atoms with E-state index >= 15 is 0 Å². The van der Waals surface area contributed by atoms with Crippen molar-refractivity contribution in [3.8, 4) is 0 Å². The predicted octanol–water partition coefficient (Wildman–Crippen LogP) is 2.68. The van der Waals surface area contributed by atoms with Gasteiger partial charge in [0.15, 0.2) is 0 Å². The zero-order valence-electron chi connectivity index (χ0n) is 7.71. The van der Waals surface area contributed by atoms with Crippen LogP contribution in [0.15, 0.2) is 12.1 Å². The molecule has 1 rings (SSSR count). The number of nitrogens with two attached hydrogens (primary N) is 1. The molecule has 0 radical (unpaired) electrons. The first-order chi connectivity index (χ1) is 7.27. The molecule has 0 aliphatic heterocycles. The van der Waals surface area contributed by atoms with E-state index in [1.54, 1.807) is 0 Å². The molecule has 1 aromatic carbocycles. The van der Waals surface area contributed by atoms with Crippen LogP contribution in [-0.4, -0.2) is 4.92 Å². The van der Waals surface area contributed by atoms with E-state index in [0.29, 0.717) is 5.56 Å². The summed E-state index contributed by atoms with van der Waals surface area (Å²) < 4.78 is 37.5. The van der Waals surface area contributed by atoms with E-state index in [0.717, 1.165) is 6.07 Å². The SMILES string of the molecule is NCc1cc(I)c(C(F)(F)F)c([N+](=O)[O-])c1. The zero-order chi connectivity index (χ0) is 12.5. The Kier molecular flexibility index (Phi) is 3.73. The monoisotopic (exact) mass is 346 g/mol. The molecule has 0 aromatic heterocycles. The summed E-state index contributed by atoms with van der Waals surface area (Å²) >= 11 is 1.41. The predicted molar refractivity (Wildman–Crippen MR) is 58.7 cm³/mol. The van der Waals surface area contributed by atoms with Crippen molar-refractivity contribution in [2.45, 2.75) is 12.7 Å². The lowest BCUT2D eigenvalue weighted by Gasteiger charge is -2.10. The molecule has 2 N–H and O–H groups in total. The van der Waals surface area contributed by atoms with Crippen LogP contribution in [0.25, 0.3) is 0 Å². The molecule has 16 heavy (non-hydrogen) atoms. The van der Waals surface area contributed by atoms with Crippen LogP contribution in [0.2, 0.25) is 0 Å². The fourth-order valence-corrected chi connectivity index (χ4v) is 2.17. The normalized spacial score (nSPS) is 11.6. The maximum absolute atomic E-state index is 12.6. The van der Waals surface area contributed by atoms with Crippen molar-refractivity contribution in [1.82, 2.24) is 0 Å². The number of halogens is 4. The largest absolute Gasteiger partial charge is 0.424 e. The molecule has 0 amide bonds. The van der Waals surface area contributed by atoms with Gasteiger partial charge in [0.05, 0.1) is 4.92 Å². The Morgan fingerprint density at radius 1 is 1.44 bits per heavy atom. The third-order valence-corrected chi connectivity index (χ3v) is 2.70. The Hall–Kier alpha value is -0.900. The van der Waals surface area contributed by atoms with Gasteiger partial charge in [0, 0.05) is 16.2 Å². The molecule has 0 atom stereocenters. The second-order valence-corrected chi connectivity index (χ2v) is 4.09. The molecule has 0 aliphatic rings. The molecule has 0 fully saturated rings. The van der Waals surface area contributed by atoms with Crippen LogP contribution in [0.3, 0.4) is 0 Å². The Balaban J connectivity index is 3.53. The Bertz CT molecular complexity index is 434. The molecule has 0 saturated heterocycles. The van der Waals surface area contributed by atoms with E-state index in [-0.39, 0.29) is 10.1 Å². The average Bonchev–Trinajstić information content (AvgIpc) is 2.14. The van der Waals surface area contributed by atoms with Crippen molar-refractivity contribution < 1.29 is 18.1 Å². The van der Waals surface area contributed by atoms with Crippen molar-refractivity contribution in [3.05, 3.63) is 36.9 Å². The highest BCUT2D eigenvalue weighted by Crippen LogP contribution is 2.39. The second kappa shape index (κ2) is 4.53. The van der Waals surface area contributed by atoms with Crippen molar-refractivity contribution in [1.29, 1.82) is 0 Å². The fraction of sp³-hybridized carbons (Fsp3) is 0.250. The molecule has 88 valence electrons. The maximum atomic E-state index is 12.6. The molecule has 0 spiro atoms. The average molecular weight is 346 g/mol. The third-order valence-electron chi connectivity index (χ3n) is 1.85. The van der Waals surface area contributed by atoms with Crippen LogP contribution < -0.4 is 5.73 Å². The highest BCUT2D eigenvalue weighted by molar-refractivity contribution is 14.1. The minimum Gasteiger partial charge on any atom is -0.326 e. The van der Waals surface area contributed by atoms with Crippen LogP contribution in [-0.2, 0) is 12.7 Å². The molecule has 0 unspecified atom stereocenters. The summed E-state index contributed by atoms with van der Waals surface area (Å²) in [5, 5.41) is 10.6. The highest BCUT2D eigenvalue weighted by Gasteiger charge is 2.40. The molecule has 4 nitrogen and oxygen atoms in total. The number of hydrogen-bond donors (Lipinski definition) is 1. The summed E-state index contributed by atoms with van der Waals surface area (Å²) in [6, 6.07) is 2.04. The van der Waals surface area contributed by atoms with Crippen LogP contribution >= 0.6 is 22.6 Å². The first-order valence-corrected chi connectivity index (χ1v) is 5.09. The molecule has 0 bridgehead atoms. The number of nitrogens with zero attached hydrogens (tertiary/aromatic N) is 1. The van der Waals surface area contributed by atoms with Crippen molar-refractivity contribution in [2.24, 2.45) is 5.73 Å². The van der Waals surface area contributed by atoms with E-state index in [1.165, 1.54) is 28.7 Å².